The maximum atomic E-state index is 11.5. The Labute approximate surface area is 151 Å². The highest BCUT2D eigenvalue weighted by Crippen LogP contribution is 2.33. The minimum Gasteiger partial charge on any atom is -0.506 e. The Morgan fingerprint density at radius 3 is 2.81 bits per heavy atom. The minimum absolute atomic E-state index is 0.00136. The average Bonchev–Trinajstić information content (AvgIpc) is 2.97. The van der Waals surface area contributed by atoms with Gasteiger partial charge in [0.05, 0.1) is 11.6 Å². The topological polar surface area (TPSA) is 85.3 Å². The Balaban J connectivity index is 1.53. The second-order valence-electron chi connectivity index (χ2n) is 7.01. The van der Waals surface area contributed by atoms with Crippen molar-refractivity contribution in [3.05, 3.63) is 75.6 Å². The fourth-order valence-corrected chi connectivity index (χ4v) is 3.97. The number of aromatic nitrogens is 1. The van der Waals surface area contributed by atoms with E-state index >= 15 is 0 Å². The SMILES string of the molecule is C[C@@H]1c2ccccc2C[C@H]1NC[C@H](O)c1ccc(O)c2[nH]c(=O)ccc12. The zero-order valence-electron chi connectivity index (χ0n) is 14.6. The van der Waals surface area contributed by atoms with Gasteiger partial charge in [-0.15, -0.1) is 0 Å². The molecule has 26 heavy (non-hydrogen) atoms. The van der Waals surface area contributed by atoms with Crippen molar-refractivity contribution in [2.75, 3.05) is 6.54 Å². The first kappa shape index (κ1) is 16.8. The van der Waals surface area contributed by atoms with Crippen molar-refractivity contribution in [2.45, 2.75) is 31.4 Å². The zero-order chi connectivity index (χ0) is 18.3. The van der Waals surface area contributed by atoms with Crippen LogP contribution in [0.5, 0.6) is 5.75 Å². The quantitative estimate of drug-likeness (QED) is 0.583. The van der Waals surface area contributed by atoms with Crippen LogP contribution >= 0.6 is 0 Å². The van der Waals surface area contributed by atoms with Crippen LogP contribution in [0.1, 0.15) is 35.6 Å². The molecule has 2 aromatic carbocycles. The summed E-state index contributed by atoms with van der Waals surface area (Å²) >= 11 is 0. The Morgan fingerprint density at radius 2 is 2.00 bits per heavy atom. The molecule has 5 heteroatoms. The van der Waals surface area contributed by atoms with Crippen LogP contribution in [-0.2, 0) is 6.42 Å². The predicted octanol–water partition coefficient (Wildman–Crippen LogP) is 2.59. The lowest BCUT2D eigenvalue weighted by Gasteiger charge is -2.21. The molecule has 134 valence electrons. The van der Waals surface area contributed by atoms with Crippen molar-refractivity contribution in [3.8, 4) is 5.75 Å². The van der Waals surface area contributed by atoms with Crippen LogP contribution in [0.4, 0.5) is 0 Å². The first-order chi connectivity index (χ1) is 12.5. The summed E-state index contributed by atoms with van der Waals surface area (Å²) in [5, 5.41) is 24.8. The largest absolute Gasteiger partial charge is 0.506 e. The molecular formula is C21H22N2O3. The molecule has 0 amide bonds. The maximum Gasteiger partial charge on any atom is 0.248 e. The van der Waals surface area contributed by atoms with Crippen molar-refractivity contribution < 1.29 is 10.2 Å². The number of aromatic amines is 1. The summed E-state index contributed by atoms with van der Waals surface area (Å²) in [6.45, 7) is 2.61. The van der Waals surface area contributed by atoms with Gasteiger partial charge in [0.1, 0.15) is 5.75 Å². The van der Waals surface area contributed by atoms with Crippen LogP contribution in [0.15, 0.2) is 53.3 Å². The van der Waals surface area contributed by atoms with Gasteiger partial charge in [-0.25, -0.2) is 0 Å². The fourth-order valence-electron chi connectivity index (χ4n) is 3.97. The molecule has 0 saturated heterocycles. The molecule has 3 atom stereocenters. The molecular weight excluding hydrogens is 328 g/mol. The number of aliphatic hydroxyl groups excluding tert-OH is 1. The molecule has 0 fully saturated rings. The standard InChI is InChI=1S/C21H22N2O3/c1-12-14-5-3-2-4-13(14)10-17(12)22-11-19(25)15-6-8-18(24)21-16(15)7-9-20(26)23-21/h2-9,12,17,19,22,24-25H,10-11H2,1H3,(H,23,26)/t12-,17-,19+/m1/s1. The van der Waals surface area contributed by atoms with Crippen LogP contribution in [-0.4, -0.2) is 27.8 Å². The minimum atomic E-state index is -0.736. The molecule has 1 aliphatic rings. The number of phenolic OH excluding ortho intramolecular Hbond substituents is 1. The van der Waals surface area contributed by atoms with Gasteiger partial charge in [0, 0.05) is 24.0 Å². The van der Waals surface area contributed by atoms with E-state index in [1.54, 1.807) is 12.1 Å². The third kappa shape index (κ3) is 2.89. The van der Waals surface area contributed by atoms with E-state index in [0.717, 1.165) is 6.42 Å². The number of fused-ring (bicyclic) bond motifs is 2. The van der Waals surface area contributed by atoms with E-state index in [9.17, 15) is 15.0 Å². The normalized spacial score (nSPS) is 20.2. The van der Waals surface area contributed by atoms with Crippen LogP contribution in [0, 0.1) is 0 Å². The van der Waals surface area contributed by atoms with Crippen LogP contribution in [0.3, 0.4) is 0 Å². The molecule has 0 radical (unpaired) electrons. The molecule has 1 heterocycles. The second-order valence-corrected chi connectivity index (χ2v) is 7.01. The number of aliphatic hydroxyl groups is 1. The molecule has 5 nitrogen and oxygen atoms in total. The average molecular weight is 350 g/mol. The first-order valence-corrected chi connectivity index (χ1v) is 8.88. The number of H-pyrrole nitrogens is 1. The Bertz CT molecular complexity index is 1010. The Hall–Kier alpha value is -2.63. The van der Waals surface area contributed by atoms with Crippen LogP contribution in [0.2, 0.25) is 0 Å². The number of hydrogen-bond donors (Lipinski definition) is 4. The van der Waals surface area contributed by atoms with Crippen molar-refractivity contribution in [2.24, 2.45) is 0 Å². The number of hydrogen-bond acceptors (Lipinski definition) is 4. The van der Waals surface area contributed by atoms with Crippen molar-refractivity contribution in [1.82, 2.24) is 10.3 Å². The predicted molar refractivity (Wildman–Crippen MR) is 102 cm³/mol. The summed E-state index contributed by atoms with van der Waals surface area (Å²) in [5.74, 6) is 0.396. The summed E-state index contributed by atoms with van der Waals surface area (Å²) in [5.41, 5.74) is 3.49. The van der Waals surface area contributed by atoms with Gasteiger partial charge in [-0.05, 0) is 41.2 Å². The Morgan fingerprint density at radius 1 is 1.19 bits per heavy atom. The third-order valence-corrected chi connectivity index (χ3v) is 5.43. The summed E-state index contributed by atoms with van der Waals surface area (Å²) in [4.78, 5) is 14.2. The lowest BCUT2D eigenvalue weighted by atomic mass is 9.99. The Kier molecular flexibility index (Phi) is 4.26. The van der Waals surface area contributed by atoms with E-state index in [4.69, 9.17) is 0 Å². The molecule has 1 aliphatic carbocycles. The van der Waals surface area contributed by atoms with Crippen LogP contribution in [0.25, 0.3) is 10.9 Å². The molecule has 0 saturated carbocycles. The highest BCUT2D eigenvalue weighted by atomic mass is 16.3. The summed E-state index contributed by atoms with van der Waals surface area (Å²) in [6.07, 6.45) is 0.216. The third-order valence-electron chi connectivity index (χ3n) is 5.43. The molecule has 1 aromatic heterocycles. The molecule has 3 aromatic rings. The van der Waals surface area contributed by atoms with Gasteiger partial charge >= 0.3 is 0 Å². The van der Waals surface area contributed by atoms with Gasteiger partial charge in [0.25, 0.3) is 0 Å². The molecule has 0 spiro atoms. The summed E-state index contributed by atoms with van der Waals surface area (Å²) < 4.78 is 0. The lowest BCUT2D eigenvalue weighted by Crippen LogP contribution is -2.35. The van der Waals surface area contributed by atoms with Gasteiger partial charge in [0.15, 0.2) is 0 Å². The summed E-state index contributed by atoms with van der Waals surface area (Å²) in [6, 6.07) is 15.0. The molecule has 0 unspecified atom stereocenters. The van der Waals surface area contributed by atoms with Gasteiger partial charge in [0.2, 0.25) is 5.56 Å². The number of benzene rings is 2. The van der Waals surface area contributed by atoms with E-state index in [1.807, 2.05) is 0 Å². The van der Waals surface area contributed by atoms with E-state index in [2.05, 4.69) is 41.5 Å². The fraction of sp³-hybridized carbons (Fsp3) is 0.286. The van der Waals surface area contributed by atoms with Crippen molar-refractivity contribution >= 4 is 10.9 Å². The number of aromatic hydroxyl groups is 1. The summed E-state index contributed by atoms with van der Waals surface area (Å²) in [7, 11) is 0. The molecule has 4 N–H and O–H groups in total. The molecule has 0 bridgehead atoms. The first-order valence-electron chi connectivity index (χ1n) is 8.88. The maximum absolute atomic E-state index is 11.5. The van der Waals surface area contributed by atoms with Gasteiger partial charge in [-0.3, -0.25) is 4.79 Å². The monoisotopic (exact) mass is 350 g/mol. The van der Waals surface area contributed by atoms with Crippen molar-refractivity contribution in [1.29, 1.82) is 0 Å². The van der Waals surface area contributed by atoms with E-state index in [0.29, 0.717) is 28.9 Å². The van der Waals surface area contributed by atoms with Gasteiger partial charge in [-0.1, -0.05) is 37.3 Å². The lowest BCUT2D eigenvalue weighted by molar-refractivity contribution is 0.170. The number of rotatable bonds is 4. The second kappa shape index (κ2) is 6.59. The number of phenols is 1. The smallest absolute Gasteiger partial charge is 0.248 e. The van der Waals surface area contributed by atoms with Crippen LogP contribution < -0.4 is 10.9 Å². The highest BCUT2D eigenvalue weighted by Gasteiger charge is 2.28. The number of nitrogens with one attached hydrogen (secondary N) is 2. The van der Waals surface area contributed by atoms with E-state index < -0.39 is 6.10 Å². The van der Waals surface area contributed by atoms with Crippen molar-refractivity contribution in [3.63, 3.8) is 0 Å². The highest BCUT2D eigenvalue weighted by molar-refractivity contribution is 5.87. The molecule has 4 rings (SSSR count). The van der Waals surface area contributed by atoms with E-state index in [-0.39, 0.29) is 17.4 Å². The van der Waals surface area contributed by atoms with Gasteiger partial charge in [-0.2, -0.15) is 0 Å². The molecule has 0 aliphatic heterocycles. The zero-order valence-corrected chi connectivity index (χ0v) is 14.6. The van der Waals surface area contributed by atoms with E-state index in [1.165, 1.54) is 23.3 Å². The van der Waals surface area contributed by atoms with Gasteiger partial charge < -0.3 is 20.5 Å². The number of pyridine rings is 1.